The Kier molecular flexibility index (Phi) is 59.5. The molecule has 0 radical (unpaired) electrons. The fourth-order valence-corrected chi connectivity index (χ4v) is 9.66. The van der Waals surface area contributed by atoms with E-state index in [0.717, 1.165) is 77.0 Å². The molecule has 0 rings (SSSR count). The highest BCUT2D eigenvalue weighted by Crippen LogP contribution is 2.17. The van der Waals surface area contributed by atoms with Gasteiger partial charge in [0.2, 0.25) is 5.91 Å². The third kappa shape index (κ3) is 57.1. The zero-order valence-electron chi connectivity index (χ0n) is 48.2. The van der Waals surface area contributed by atoms with E-state index in [4.69, 9.17) is 4.74 Å². The molecule has 3 N–H and O–H groups in total. The largest absolute Gasteiger partial charge is 0.466 e. The van der Waals surface area contributed by atoms with Crippen LogP contribution >= 0.6 is 0 Å². The first kappa shape index (κ1) is 69.8. The summed E-state index contributed by atoms with van der Waals surface area (Å²) in [6, 6.07) is -0.651. The van der Waals surface area contributed by atoms with Crippen molar-refractivity contribution in [3.8, 4) is 0 Å². The molecule has 0 bridgehead atoms. The van der Waals surface area contributed by atoms with Crippen LogP contribution in [0.2, 0.25) is 0 Å². The Balaban J connectivity index is 3.52. The number of hydrogen-bond acceptors (Lipinski definition) is 5. The van der Waals surface area contributed by atoms with Crippen LogP contribution in [0.1, 0.15) is 335 Å². The van der Waals surface area contributed by atoms with Crippen molar-refractivity contribution in [2.45, 2.75) is 347 Å². The second-order valence-corrected chi connectivity index (χ2v) is 21.7. The minimum absolute atomic E-state index is 0.0211. The van der Waals surface area contributed by atoms with Gasteiger partial charge in [-0.25, -0.2) is 0 Å². The molecule has 6 heteroatoms. The summed E-state index contributed by atoms with van der Waals surface area (Å²) in [4.78, 5) is 24.6. The van der Waals surface area contributed by atoms with Crippen molar-refractivity contribution in [2.24, 2.45) is 0 Å². The number of unbranched alkanes of at least 4 members (excludes halogenated alkanes) is 42. The van der Waals surface area contributed by atoms with Gasteiger partial charge in [0.25, 0.3) is 0 Å². The number of ether oxygens (including phenoxy) is 1. The monoisotopic (exact) mass is 1010 g/mol. The predicted octanol–water partition coefficient (Wildman–Crippen LogP) is 20.1. The number of carbonyl (C=O) groups excluding carboxylic acids is 2. The number of aliphatic hydroxyl groups excluding tert-OH is 2. The Morgan fingerprint density at radius 1 is 0.389 bits per heavy atom. The molecule has 0 saturated carbocycles. The Hall–Kier alpha value is -2.18. The Bertz CT molecular complexity index is 1210. The summed E-state index contributed by atoms with van der Waals surface area (Å²) in [6.45, 7) is 4.86. The lowest BCUT2D eigenvalue weighted by atomic mass is 10.0. The Labute approximate surface area is 448 Å². The van der Waals surface area contributed by atoms with Crippen molar-refractivity contribution in [3.63, 3.8) is 0 Å². The molecule has 0 saturated heterocycles. The lowest BCUT2D eigenvalue weighted by Gasteiger charge is -2.19. The number of rotatable bonds is 59. The molecule has 2 unspecified atom stereocenters. The number of allylic oxidation sites excluding steroid dienone is 7. The van der Waals surface area contributed by atoms with E-state index in [1.807, 2.05) is 6.08 Å². The van der Waals surface area contributed by atoms with Gasteiger partial charge in [-0.3, -0.25) is 9.59 Å². The first-order chi connectivity index (χ1) is 35.5. The van der Waals surface area contributed by atoms with Gasteiger partial charge in [-0.05, 0) is 89.9 Å². The van der Waals surface area contributed by atoms with Crippen LogP contribution in [0, 0.1) is 0 Å². The molecule has 6 nitrogen and oxygen atoms in total. The summed E-state index contributed by atoms with van der Waals surface area (Å²) in [5, 5.41) is 23.2. The van der Waals surface area contributed by atoms with Crippen LogP contribution in [0.4, 0.5) is 0 Å². The Morgan fingerprint density at radius 2 is 0.694 bits per heavy atom. The van der Waals surface area contributed by atoms with Gasteiger partial charge in [-0.1, -0.05) is 281 Å². The van der Waals surface area contributed by atoms with Gasteiger partial charge in [0.1, 0.15) is 0 Å². The summed E-state index contributed by atoms with van der Waals surface area (Å²) in [5.74, 6) is -0.117. The van der Waals surface area contributed by atoms with Crippen LogP contribution in [0.5, 0.6) is 0 Å². The summed E-state index contributed by atoms with van der Waals surface area (Å²) in [7, 11) is 0. The topological polar surface area (TPSA) is 95.9 Å². The van der Waals surface area contributed by atoms with Gasteiger partial charge in [-0.15, -0.1) is 0 Å². The highest BCUT2D eigenvalue weighted by atomic mass is 16.5. The summed E-state index contributed by atoms with van der Waals surface area (Å²) in [5.41, 5.74) is 0. The zero-order chi connectivity index (χ0) is 52.2. The van der Waals surface area contributed by atoms with E-state index < -0.39 is 12.1 Å². The molecule has 72 heavy (non-hydrogen) atoms. The van der Waals surface area contributed by atoms with Crippen LogP contribution in [0.15, 0.2) is 48.6 Å². The van der Waals surface area contributed by atoms with Crippen LogP contribution < -0.4 is 5.32 Å². The molecule has 0 heterocycles. The van der Waals surface area contributed by atoms with E-state index in [-0.39, 0.29) is 18.5 Å². The van der Waals surface area contributed by atoms with Gasteiger partial charge in [0.05, 0.1) is 25.4 Å². The zero-order valence-corrected chi connectivity index (χ0v) is 48.2. The average Bonchev–Trinajstić information content (AvgIpc) is 3.38. The minimum Gasteiger partial charge on any atom is -0.466 e. The maximum Gasteiger partial charge on any atom is 0.305 e. The molecule has 0 aliphatic heterocycles. The average molecular weight is 1010 g/mol. The van der Waals surface area contributed by atoms with E-state index in [9.17, 15) is 19.8 Å². The molecule has 0 aliphatic rings. The SMILES string of the molecule is CCCCCC/C=C\C/C=C\CCCCCCCCCC(=O)OCCCCCCCC/C=C\CCCCCC(=O)NC(CO)C(O)/C=C/CCCCCCCCCCCCCCCCCCCCCCCC. The standard InChI is InChI=1S/C66H123NO5/c1-3-5-7-9-11-13-15-17-19-21-23-24-25-26-27-28-29-31-34-38-42-46-50-54-58-64(69)63(62-68)67-65(70)59-55-51-47-43-39-35-33-37-41-45-49-53-57-61-72-66(71)60-56-52-48-44-40-36-32-30-22-20-18-16-14-12-10-8-6-4-2/h14,16,20,22,35,39,54,58,63-64,68-69H,3-13,15,17-19,21,23-34,36-38,40-53,55-57,59-62H2,1-2H3,(H,67,70)/b16-14-,22-20-,39-35-,58-54+. The number of carbonyl (C=O) groups is 2. The van der Waals surface area contributed by atoms with E-state index in [2.05, 4.69) is 55.6 Å². The molecule has 0 fully saturated rings. The quantitative estimate of drug-likeness (QED) is 0.0320. The van der Waals surface area contributed by atoms with E-state index >= 15 is 0 Å². The third-order valence-electron chi connectivity index (χ3n) is 14.6. The van der Waals surface area contributed by atoms with Crippen molar-refractivity contribution in [3.05, 3.63) is 48.6 Å². The molecule has 0 aliphatic carbocycles. The van der Waals surface area contributed by atoms with Crippen molar-refractivity contribution in [2.75, 3.05) is 13.2 Å². The molecule has 0 spiro atoms. The molecule has 422 valence electrons. The maximum atomic E-state index is 12.5. The fraction of sp³-hybridized carbons (Fsp3) is 0.848. The van der Waals surface area contributed by atoms with Crippen molar-refractivity contribution in [1.29, 1.82) is 0 Å². The lowest BCUT2D eigenvalue weighted by molar-refractivity contribution is -0.143. The molecule has 0 aromatic heterocycles. The second kappa shape index (κ2) is 61.4. The van der Waals surface area contributed by atoms with Crippen molar-refractivity contribution in [1.82, 2.24) is 5.32 Å². The minimum atomic E-state index is -0.865. The molecule has 0 aromatic rings. The smallest absolute Gasteiger partial charge is 0.305 e. The number of esters is 1. The summed E-state index contributed by atoms with van der Waals surface area (Å²) < 4.78 is 5.47. The van der Waals surface area contributed by atoms with Crippen LogP contribution in [-0.4, -0.2) is 47.4 Å². The van der Waals surface area contributed by atoms with Crippen LogP contribution in [-0.2, 0) is 14.3 Å². The summed E-state index contributed by atoms with van der Waals surface area (Å²) in [6.07, 6.45) is 78.6. The van der Waals surface area contributed by atoms with Gasteiger partial charge in [0, 0.05) is 12.8 Å². The Morgan fingerprint density at radius 3 is 1.10 bits per heavy atom. The molecular weight excluding hydrogens is 887 g/mol. The fourth-order valence-electron chi connectivity index (χ4n) is 9.66. The van der Waals surface area contributed by atoms with Gasteiger partial charge in [0.15, 0.2) is 0 Å². The van der Waals surface area contributed by atoms with Crippen molar-refractivity contribution >= 4 is 11.9 Å². The number of aliphatic hydroxyl groups is 2. The van der Waals surface area contributed by atoms with Gasteiger partial charge in [-0.2, -0.15) is 0 Å². The first-order valence-electron chi connectivity index (χ1n) is 31.9. The normalized spacial score (nSPS) is 12.9. The lowest BCUT2D eigenvalue weighted by Crippen LogP contribution is -2.45. The first-order valence-corrected chi connectivity index (χ1v) is 31.9. The molecule has 2 atom stereocenters. The van der Waals surface area contributed by atoms with Crippen LogP contribution in [0.25, 0.3) is 0 Å². The maximum absolute atomic E-state index is 12.5. The number of amides is 1. The number of hydrogen-bond donors (Lipinski definition) is 3. The van der Waals surface area contributed by atoms with Crippen molar-refractivity contribution < 1.29 is 24.5 Å². The summed E-state index contributed by atoms with van der Waals surface area (Å²) >= 11 is 0. The van der Waals surface area contributed by atoms with Crippen LogP contribution in [0.3, 0.4) is 0 Å². The van der Waals surface area contributed by atoms with Gasteiger partial charge >= 0.3 is 5.97 Å². The van der Waals surface area contributed by atoms with E-state index in [1.165, 1.54) is 231 Å². The molecule has 0 aromatic carbocycles. The van der Waals surface area contributed by atoms with Gasteiger partial charge < -0.3 is 20.3 Å². The highest BCUT2D eigenvalue weighted by Gasteiger charge is 2.18. The highest BCUT2D eigenvalue weighted by molar-refractivity contribution is 5.76. The predicted molar refractivity (Wildman–Crippen MR) is 315 cm³/mol. The van der Waals surface area contributed by atoms with E-state index in [1.54, 1.807) is 6.08 Å². The molecule has 1 amide bonds. The molecular formula is C66H123NO5. The van der Waals surface area contributed by atoms with E-state index in [0.29, 0.717) is 19.4 Å². The third-order valence-corrected chi connectivity index (χ3v) is 14.6. The second-order valence-electron chi connectivity index (χ2n) is 21.7. The number of nitrogens with one attached hydrogen (secondary N) is 1.